The van der Waals surface area contributed by atoms with Crippen LogP contribution in [-0.2, 0) is 14.2 Å². The van der Waals surface area contributed by atoms with Gasteiger partial charge in [-0.3, -0.25) is 0 Å². The van der Waals surface area contributed by atoms with Crippen LogP contribution in [0.1, 0.15) is 20.3 Å². The van der Waals surface area contributed by atoms with Crippen LogP contribution in [0.4, 0.5) is 0 Å². The van der Waals surface area contributed by atoms with Crippen molar-refractivity contribution >= 4 is 0 Å². The van der Waals surface area contributed by atoms with Crippen LogP contribution in [0.2, 0.25) is 0 Å². The fraction of sp³-hybridized carbons (Fsp3) is 1.00. The minimum absolute atomic E-state index is 0.224. The summed E-state index contributed by atoms with van der Waals surface area (Å²) in [6.45, 7) is 7.11. The average molecular weight is 174 g/mol. The molecule has 1 fully saturated rings. The zero-order chi connectivity index (χ0) is 8.81. The van der Waals surface area contributed by atoms with E-state index in [0.29, 0.717) is 12.7 Å². The van der Waals surface area contributed by atoms with E-state index in [9.17, 15) is 0 Å². The molecule has 0 saturated carbocycles. The lowest BCUT2D eigenvalue weighted by atomic mass is 10.2. The maximum Gasteiger partial charge on any atom is 0.0835 e. The van der Waals surface area contributed by atoms with Gasteiger partial charge in [0.25, 0.3) is 0 Å². The molecule has 0 spiro atoms. The van der Waals surface area contributed by atoms with Gasteiger partial charge in [0, 0.05) is 19.6 Å². The third kappa shape index (κ3) is 4.04. The molecule has 0 aromatic carbocycles. The Bertz CT molecular complexity index is 112. The van der Waals surface area contributed by atoms with Gasteiger partial charge in [0.05, 0.1) is 25.4 Å². The van der Waals surface area contributed by atoms with E-state index in [4.69, 9.17) is 14.2 Å². The van der Waals surface area contributed by atoms with Crippen LogP contribution in [0.15, 0.2) is 0 Å². The zero-order valence-electron chi connectivity index (χ0n) is 7.91. The van der Waals surface area contributed by atoms with Crippen molar-refractivity contribution in [2.45, 2.75) is 32.5 Å². The van der Waals surface area contributed by atoms with E-state index in [1.165, 1.54) is 0 Å². The molecule has 0 radical (unpaired) electrons. The number of hydrogen-bond acceptors (Lipinski definition) is 3. The van der Waals surface area contributed by atoms with Crippen LogP contribution in [0.5, 0.6) is 0 Å². The molecule has 72 valence electrons. The maximum atomic E-state index is 5.49. The van der Waals surface area contributed by atoms with Crippen molar-refractivity contribution in [3.63, 3.8) is 0 Å². The van der Waals surface area contributed by atoms with Crippen molar-refractivity contribution in [1.82, 2.24) is 0 Å². The predicted octanol–water partition coefficient (Wildman–Crippen LogP) is 1.22. The quantitative estimate of drug-likeness (QED) is 0.544. The molecule has 0 aromatic heterocycles. The predicted molar refractivity (Wildman–Crippen MR) is 46.3 cm³/mol. The molecule has 0 aromatic rings. The normalized spacial score (nSPS) is 24.0. The molecule has 1 aliphatic heterocycles. The first kappa shape index (κ1) is 9.96. The average Bonchev–Trinajstić information content (AvgIpc) is 2.84. The molecule has 0 amide bonds. The molecule has 0 aliphatic carbocycles. The fourth-order valence-corrected chi connectivity index (χ4v) is 1.17. The summed E-state index contributed by atoms with van der Waals surface area (Å²) < 4.78 is 15.9. The highest BCUT2D eigenvalue weighted by Gasteiger charge is 2.26. The number of ether oxygens (including phenoxy) is 3. The minimum atomic E-state index is 0.224. The van der Waals surface area contributed by atoms with E-state index in [2.05, 4.69) is 0 Å². The monoisotopic (exact) mass is 174 g/mol. The Morgan fingerprint density at radius 3 is 2.67 bits per heavy atom. The number of hydrogen-bond donors (Lipinski definition) is 0. The minimum Gasteiger partial charge on any atom is -0.379 e. The van der Waals surface area contributed by atoms with Gasteiger partial charge < -0.3 is 14.2 Å². The second kappa shape index (κ2) is 5.51. The van der Waals surface area contributed by atoms with Crippen LogP contribution < -0.4 is 0 Å². The molecular formula is C9H18O3. The summed E-state index contributed by atoms with van der Waals surface area (Å²) in [7, 11) is 0. The van der Waals surface area contributed by atoms with Gasteiger partial charge in [-0.1, -0.05) is 0 Å². The summed E-state index contributed by atoms with van der Waals surface area (Å²) in [6.07, 6.45) is 1.64. The molecule has 1 aliphatic rings. The van der Waals surface area contributed by atoms with Gasteiger partial charge >= 0.3 is 0 Å². The molecule has 1 rings (SSSR count). The molecule has 2 unspecified atom stereocenters. The van der Waals surface area contributed by atoms with Crippen molar-refractivity contribution in [3.8, 4) is 0 Å². The van der Waals surface area contributed by atoms with Gasteiger partial charge in [-0.15, -0.1) is 0 Å². The third-order valence-electron chi connectivity index (χ3n) is 1.84. The standard InChI is InChI=1S/C9H18O3/c1-3-10-6-8(11-4-2)5-9-7-12-9/h8-9H,3-7H2,1-2H3. The van der Waals surface area contributed by atoms with Crippen LogP contribution in [0, 0.1) is 0 Å². The first-order valence-electron chi connectivity index (χ1n) is 4.67. The lowest BCUT2D eigenvalue weighted by molar-refractivity contribution is -0.0156. The van der Waals surface area contributed by atoms with E-state index in [0.717, 1.165) is 26.2 Å². The Hall–Kier alpha value is -0.120. The van der Waals surface area contributed by atoms with Gasteiger partial charge in [-0.05, 0) is 13.8 Å². The Morgan fingerprint density at radius 2 is 2.17 bits per heavy atom. The van der Waals surface area contributed by atoms with Crippen LogP contribution in [0.3, 0.4) is 0 Å². The Kier molecular flexibility index (Phi) is 4.58. The van der Waals surface area contributed by atoms with Crippen LogP contribution in [-0.4, -0.2) is 38.6 Å². The topological polar surface area (TPSA) is 31.0 Å². The van der Waals surface area contributed by atoms with E-state index < -0.39 is 0 Å². The summed E-state index contributed by atoms with van der Waals surface area (Å²) >= 11 is 0. The molecule has 2 atom stereocenters. The molecule has 0 bridgehead atoms. The van der Waals surface area contributed by atoms with E-state index >= 15 is 0 Å². The Labute approximate surface area is 74.0 Å². The Balaban J connectivity index is 2.07. The summed E-state index contributed by atoms with van der Waals surface area (Å²) in [4.78, 5) is 0. The molecule has 1 heterocycles. The molecule has 3 heteroatoms. The van der Waals surface area contributed by atoms with Crippen molar-refractivity contribution in [2.24, 2.45) is 0 Å². The summed E-state index contributed by atoms with van der Waals surface area (Å²) in [5.74, 6) is 0. The lowest BCUT2D eigenvalue weighted by Gasteiger charge is -2.15. The lowest BCUT2D eigenvalue weighted by Crippen LogP contribution is -2.22. The van der Waals surface area contributed by atoms with Gasteiger partial charge in [-0.25, -0.2) is 0 Å². The van der Waals surface area contributed by atoms with Crippen molar-refractivity contribution in [1.29, 1.82) is 0 Å². The first-order chi connectivity index (χ1) is 5.86. The van der Waals surface area contributed by atoms with Crippen molar-refractivity contribution in [2.75, 3.05) is 26.4 Å². The first-order valence-corrected chi connectivity index (χ1v) is 4.67. The molecule has 0 N–H and O–H groups in total. The summed E-state index contributed by atoms with van der Waals surface area (Å²) in [6, 6.07) is 0. The Morgan fingerprint density at radius 1 is 1.42 bits per heavy atom. The number of rotatable bonds is 7. The van der Waals surface area contributed by atoms with Crippen molar-refractivity contribution < 1.29 is 14.2 Å². The molecule has 1 saturated heterocycles. The van der Waals surface area contributed by atoms with Gasteiger partial charge in [-0.2, -0.15) is 0 Å². The largest absolute Gasteiger partial charge is 0.379 e. The maximum absolute atomic E-state index is 5.49. The van der Waals surface area contributed by atoms with Crippen molar-refractivity contribution in [3.05, 3.63) is 0 Å². The van der Waals surface area contributed by atoms with E-state index in [1.54, 1.807) is 0 Å². The van der Waals surface area contributed by atoms with Gasteiger partial charge in [0.15, 0.2) is 0 Å². The van der Waals surface area contributed by atoms with Crippen LogP contribution >= 0.6 is 0 Å². The van der Waals surface area contributed by atoms with E-state index in [-0.39, 0.29) is 6.10 Å². The second-order valence-electron chi connectivity index (χ2n) is 2.93. The summed E-state index contributed by atoms with van der Waals surface area (Å²) in [5, 5.41) is 0. The highest BCUT2D eigenvalue weighted by atomic mass is 16.6. The molecule has 12 heavy (non-hydrogen) atoms. The molecule has 3 nitrogen and oxygen atoms in total. The smallest absolute Gasteiger partial charge is 0.0835 e. The van der Waals surface area contributed by atoms with Crippen LogP contribution in [0.25, 0.3) is 0 Å². The number of epoxide rings is 1. The second-order valence-corrected chi connectivity index (χ2v) is 2.93. The van der Waals surface area contributed by atoms with Gasteiger partial charge in [0.1, 0.15) is 0 Å². The van der Waals surface area contributed by atoms with E-state index in [1.807, 2.05) is 13.8 Å². The SMILES string of the molecule is CCOCC(CC1CO1)OCC. The highest BCUT2D eigenvalue weighted by Crippen LogP contribution is 2.17. The highest BCUT2D eigenvalue weighted by molar-refractivity contribution is 4.74. The summed E-state index contributed by atoms with van der Waals surface area (Å²) in [5.41, 5.74) is 0. The fourth-order valence-electron chi connectivity index (χ4n) is 1.17. The third-order valence-corrected chi connectivity index (χ3v) is 1.84. The zero-order valence-corrected chi connectivity index (χ0v) is 7.91. The molecular weight excluding hydrogens is 156 g/mol. The van der Waals surface area contributed by atoms with Gasteiger partial charge in [0.2, 0.25) is 0 Å².